The number of nitrogens with two attached hydrogens (primary N) is 1. The van der Waals surface area contributed by atoms with Gasteiger partial charge in [0.2, 0.25) is 11.9 Å². The lowest BCUT2D eigenvalue weighted by molar-refractivity contribution is -0.939. The first-order valence-electron chi connectivity index (χ1n) is 9.49. The molecule has 3 aromatic rings. The van der Waals surface area contributed by atoms with Gasteiger partial charge in [-0.15, -0.1) is 0 Å². The van der Waals surface area contributed by atoms with Gasteiger partial charge in [-0.25, -0.2) is 4.39 Å². The van der Waals surface area contributed by atoms with Gasteiger partial charge in [-0.05, 0) is 30.7 Å². The molecule has 1 aliphatic carbocycles. The topological polar surface area (TPSA) is 81.2 Å². The van der Waals surface area contributed by atoms with Crippen molar-refractivity contribution in [2.45, 2.75) is 38.9 Å². The van der Waals surface area contributed by atoms with Crippen LogP contribution in [0.15, 0.2) is 48.5 Å². The molecule has 28 heavy (non-hydrogen) atoms. The van der Waals surface area contributed by atoms with Crippen LogP contribution in [0.3, 0.4) is 0 Å². The fourth-order valence-electron chi connectivity index (χ4n) is 3.32. The first-order valence-corrected chi connectivity index (χ1v) is 9.49. The minimum Gasteiger partial charge on any atom is -0.368 e. The fourth-order valence-corrected chi connectivity index (χ4v) is 3.32. The zero-order valence-electron chi connectivity index (χ0n) is 15.8. The van der Waals surface area contributed by atoms with Crippen LogP contribution in [0.1, 0.15) is 29.8 Å². The van der Waals surface area contributed by atoms with Gasteiger partial charge in [0, 0.05) is 24.1 Å². The third kappa shape index (κ3) is 4.61. The van der Waals surface area contributed by atoms with Gasteiger partial charge in [0.1, 0.15) is 18.9 Å². The highest BCUT2D eigenvalue weighted by molar-refractivity contribution is 5.58. The Labute approximate surface area is 163 Å². The number of benzene rings is 2. The molecule has 144 valence electrons. The number of aryl methyl sites for hydroxylation is 1. The smallest absolute Gasteiger partial charge is 0.232 e. The molecule has 1 unspecified atom stereocenters. The third-order valence-corrected chi connectivity index (χ3v) is 4.97. The van der Waals surface area contributed by atoms with E-state index >= 15 is 0 Å². The summed E-state index contributed by atoms with van der Waals surface area (Å²) in [5.41, 5.74) is 9.08. The van der Waals surface area contributed by atoms with E-state index in [4.69, 9.17) is 5.73 Å². The molecule has 4 N–H and O–H groups in total. The van der Waals surface area contributed by atoms with E-state index < -0.39 is 0 Å². The number of quaternary nitrogens is 1. The quantitative estimate of drug-likeness (QED) is 0.587. The van der Waals surface area contributed by atoms with Crippen molar-refractivity contribution in [1.29, 1.82) is 0 Å². The second-order valence-corrected chi connectivity index (χ2v) is 7.29. The summed E-state index contributed by atoms with van der Waals surface area (Å²) in [6.07, 6.45) is 2.37. The summed E-state index contributed by atoms with van der Waals surface area (Å²) in [4.78, 5) is 14.5. The van der Waals surface area contributed by atoms with Gasteiger partial charge in [-0.3, -0.25) is 0 Å². The number of hydrogen-bond acceptors (Lipinski definition) is 5. The number of halogens is 1. The van der Waals surface area contributed by atoms with Crippen LogP contribution in [0, 0.1) is 12.7 Å². The van der Waals surface area contributed by atoms with E-state index in [2.05, 4.69) is 20.3 Å². The van der Waals surface area contributed by atoms with Crippen molar-refractivity contribution < 1.29 is 9.29 Å². The molecule has 1 aromatic heterocycles. The molecule has 0 radical (unpaired) electrons. The Kier molecular flexibility index (Phi) is 5.16. The number of nitrogens with one attached hydrogen (secondary N) is 2. The van der Waals surface area contributed by atoms with Crippen molar-refractivity contribution in [3.63, 3.8) is 0 Å². The van der Waals surface area contributed by atoms with Gasteiger partial charge in [-0.2, -0.15) is 15.0 Å². The van der Waals surface area contributed by atoms with Crippen LogP contribution in [0.4, 0.5) is 22.0 Å². The Balaban J connectivity index is 1.51. The molecule has 2 aromatic carbocycles. The predicted octanol–water partition coefficient (Wildman–Crippen LogP) is 2.39. The SMILES string of the molecule is Cc1ccccc1Nc1nc(N)nc(C[NH+](Cc2ccc(F)cc2)C2CC2)n1. The van der Waals surface area contributed by atoms with E-state index in [1.165, 1.54) is 29.9 Å². The summed E-state index contributed by atoms with van der Waals surface area (Å²) >= 11 is 0. The predicted molar refractivity (Wildman–Crippen MR) is 106 cm³/mol. The Hall–Kier alpha value is -3.06. The lowest BCUT2D eigenvalue weighted by atomic mass is 10.2. The van der Waals surface area contributed by atoms with Gasteiger partial charge in [0.15, 0.2) is 5.82 Å². The summed E-state index contributed by atoms with van der Waals surface area (Å²) in [6.45, 7) is 3.48. The molecule has 7 heteroatoms. The van der Waals surface area contributed by atoms with E-state index in [0.717, 1.165) is 23.4 Å². The fraction of sp³-hybridized carbons (Fsp3) is 0.286. The van der Waals surface area contributed by atoms with Gasteiger partial charge < -0.3 is 16.0 Å². The minimum absolute atomic E-state index is 0.206. The molecule has 0 aliphatic heterocycles. The van der Waals surface area contributed by atoms with E-state index in [1.54, 1.807) is 0 Å². The highest BCUT2D eigenvalue weighted by Crippen LogP contribution is 2.19. The summed E-state index contributed by atoms with van der Waals surface area (Å²) in [5, 5.41) is 3.23. The first kappa shape index (κ1) is 18.3. The van der Waals surface area contributed by atoms with Crippen molar-refractivity contribution in [3.8, 4) is 0 Å². The Morgan fingerprint density at radius 1 is 1.04 bits per heavy atom. The van der Waals surface area contributed by atoms with E-state index in [0.29, 0.717) is 24.4 Å². The van der Waals surface area contributed by atoms with Crippen LogP contribution >= 0.6 is 0 Å². The zero-order valence-corrected chi connectivity index (χ0v) is 15.8. The molecule has 1 aliphatic rings. The van der Waals surface area contributed by atoms with Gasteiger partial charge in [0.25, 0.3) is 0 Å². The summed E-state index contributed by atoms with van der Waals surface area (Å²) in [6, 6.07) is 15.2. The molecule has 6 nitrogen and oxygen atoms in total. The van der Waals surface area contributed by atoms with Crippen LogP contribution in [-0.2, 0) is 13.1 Å². The molecule has 0 amide bonds. The number of anilines is 3. The summed E-state index contributed by atoms with van der Waals surface area (Å²) in [7, 11) is 0. The number of aromatic nitrogens is 3. The van der Waals surface area contributed by atoms with Crippen molar-refractivity contribution >= 4 is 17.6 Å². The average molecular weight is 379 g/mol. The van der Waals surface area contributed by atoms with E-state index in [9.17, 15) is 4.39 Å². The Morgan fingerprint density at radius 2 is 1.79 bits per heavy atom. The molecule has 1 saturated carbocycles. The molecule has 0 bridgehead atoms. The minimum atomic E-state index is -0.214. The van der Waals surface area contributed by atoms with Crippen LogP contribution in [0.25, 0.3) is 0 Å². The molecular weight excluding hydrogens is 355 g/mol. The highest BCUT2D eigenvalue weighted by Gasteiger charge is 2.34. The van der Waals surface area contributed by atoms with Crippen LogP contribution < -0.4 is 16.0 Å². The van der Waals surface area contributed by atoms with E-state index in [1.807, 2.05) is 43.3 Å². The number of nitrogen functional groups attached to an aromatic ring is 1. The van der Waals surface area contributed by atoms with Crippen molar-refractivity contribution in [3.05, 3.63) is 71.3 Å². The van der Waals surface area contributed by atoms with Crippen molar-refractivity contribution in [2.75, 3.05) is 11.1 Å². The normalized spacial score (nSPS) is 14.6. The van der Waals surface area contributed by atoms with Gasteiger partial charge in [0.05, 0.1) is 6.04 Å². The number of nitrogens with zero attached hydrogens (tertiary/aromatic N) is 3. The summed E-state index contributed by atoms with van der Waals surface area (Å²) < 4.78 is 13.2. The number of rotatable bonds is 7. The second kappa shape index (κ2) is 7.90. The lowest BCUT2D eigenvalue weighted by Gasteiger charge is -2.19. The van der Waals surface area contributed by atoms with Gasteiger partial charge >= 0.3 is 0 Å². The van der Waals surface area contributed by atoms with Crippen LogP contribution in [0.2, 0.25) is 0 Å². The molecule has 0 spiro atoms. The van der Waals surface area contributed by atoms with E-state index in [-0.39, 0.29) is 11.8 Å². The Morgan fingerprint density at radius 3 is 2.50 bits per heavy atom. The van der Waals surface area contributed by atoms with Crippen molar-refractivity contribution in [1.82, 2.24) is 15.0 Å². The molecule has 0 saturated heterocycles. The molecule has 1 fully saturated rings. The molecule has 4 rings (SSSR count). The molecule has 1 atom stereocenters. The summed E-state index contributed by atoms with van der Waals surface area (Å²) in [5.74, 6) is 1.10. The third-order valence-electron chi connectivity index (χ3n) is 4.97. The largest absolute Gasteiger partial charge is 0.368 e. The standard InChI is InChI=1S/C21H23FN6/c1-14-4-2-3-5-18(14)24-21-26-19(25-20(23)27-21)13-28(17-10-11-17)12-15-6-8-16(22)9-7-15/h2-9,17H,10-13H2,1H3,(H3,23,24,25,26,27)/p+1. The van der Waals surface area contributed by atoms with Crippen molar-refractivity contribution in [2.24, 2.45) is 0 Å². The monoisotopic (exact) mass is 379 g/mol. The average Bonchev–Trinajstić information content (AvgIpc) is 3.50. The highest BCUT2D eigenvalue weighted by atomic mass is 19.1. The Bertz CT molecular complexity index is 955. The zero-order chi connectivity index (χ0) is 19.5. The van der Waals surface area contributed by atoms with Crippen LogP contribution in [-0.4, -0.2) is 21.0 Å². The maximum Gasteiger partial charge on any atom is 0.232 e. The lowest BCUT2D eigenvalue weighted by Crippen LogP contribution is -3.10. The second-order valence-electron chi connectivity index (χ2n) is 7.29. The van der Waals surface area contributed by atoms with Crippen LogP contribution in [0.5, 0.6) is 0 Å². The molecular formula is C21H24FN6+. The maximum atomic E-state index is 13.2. The number of para-hydroxylation sites is 1. The maximum absolute atomic E-state index is 13.2. The first-order chi connectivity index (χ1) is 13.6. The number of hydrogen-bond donors (Lipinski definition) is 3. The van der Waals surface area contributed by atoms with Gasteiger partial charge in [-0.1, -0.05) is 30.3 Å². The molecule has 1 heterocycles.